The molecule has 0 spiro atoms. The van der Waals surface area contributed by atoms with Gasteiger partial charge in [0, 0.05) is 49.2 Å². The van der Waals surface area contributed by atoms with E-state index in [1.165, 1.54) is 17.7 Å². The van der Waals surface area contributed by atoms with Crippen LogP contribution in [0, 0.1) is 5.82 Å². The van der Waals surface area contributed by atoms with Gasteiger partial charge in [0.15, 0.2) is 0 Å². The van der Waals surface area contributed by atoms with Crippen molar-refractivity contribution in [1.82, 2.24) is 14.8 Å². The lowest BCUT2D eigenvalue weighted by Crippen LogP contribution is -2.68. The molecule has 2 aliphatic rings. The van der Waals surface area contributed by atoms with Crippen LogP contribution < -0.4 is 5.32 Å². The highest BCUT2D eigenvalue weighted by Gasteiger charge is 2.49. The first-order chi connectivity index (χ1) is 16.6. The third kappa shape index (κ3) is 4.54. The summed E-state index contributed by atoms with van der Waals surface area (Å²) >= 11 is 0. The van der Waals surface area contributed by atoms with E-state index in [9.17, 15) is 14.3 Å². The van der Waals surface area contributed by atoms with Gasteiger partial charge in [-0.25, -0.2) is 9.18 Å². The summed E-state index contributed by atoms with van der Waals surface area (Å²) in [7, 11) is 0. The molecule has 0 unspecified atom stereocenters. The van der Waals surface area contributed by atoms with Gasteiger partial charge in [-0.2, -0.15) is 0 Å². The highest BCUT2D eigenvalue weighted by atomic mass is 19.1. The molecule has 6 nitrogen and oxygen atoms in total. The summed E-state index contributed by atoms with van der Waals surface area (Å²) < 4.78 is 13.2. The summed E-state index contributed by atoms with van der Waals surface area (Å²) in [5.74, 6) is -0.182. The number of nitrogens with zero attached hydrogens (tertiary/aromatic N) is 3. The van der Waals surface area contributed by atoms with E-state index in [4.69, 9.17) is 0 Å². The number of aromatic nitrogens is 1. The van der Waals surface area contributed by atoms with Gasteiger partial charge in [0.05, 0.1) is 6.61 Å². The summed E-state index contributed by atoms with van der Waals surface area (Å²) in [4.78, 5) is 21.3. The standard InChI is InChI=1S/C27H29FN4O2/c28-22-7-9-23(10-8-22)30-27(34)31-15-1-2-16-32-24(17-31)26(25(32)18-33)21-5-3-19(4-6-21)20-11-13-29-14-12-20/h3-14,24-26,33H,1-2,15-18H2,(H,30,34)/t24-,25+,26-/m1/s1. The fourth-order valence-electron chi connectivity index (χ4n) is 5.30. The topological polar surface area (TPSA) is 68.7 Å². The molecule has 2 aromatic carbocycles. The second-order valence-corrected chi connectivity index (χ2v) is 9.03. The summed E-state index contributed by atoms with van der Waals surface area (Å²) in [6.07, 6.45) is 5.45. The van der Waals surface area contributed by atoms with Crippen LogP contribution in [0.4, 0.5) is 14.9 Å². The zero-order chi connectivity index (χ0) is 23.5. The number of benzene rings is 2. The number of hydrogen-bond donors (Lipinski definition) is 2. The fourth-order valence-corrected chi connectivity index (χ4v) is 5.30. The number of carbonyl (C=O) groups excluding carboxylic acids is 1. The van der Waals surface area contributed by atoms with Crippen LogP contribution in [0.5, 0.6) is 0 Å². The highest BCUT2D eigenvalue weighted by Crippen LogP contribution is 2.42. The van der Waals surface area contributed by atoms with Gasteiger partial charge in [-0.05, 0) is 72.5 Å². The maximum absolute atomic E-state index is 13.2. The zero-order valence-electron chi connectivity index (χ0n) is 19.0. The third-order valence-corrected chi connectivity index (χ3v) is 7.06. The molecular formula is C27H29FN4O2. The van der Waals surface area contributed by atoms with Gasteiger partial charge in [0.2, 0.25) is 0 Å². The second-order valence-electron chi connectivity index (χ2n) is 9.03. The van der Waals surface area contributed by atoms with Gasteiger partial charge < -0.3 is 15.3 Å². The van der Waals surface area contributed by atoms with Crippen LogP contribution in [0.25, 0.3) is 11.1 Å². The number of nitrogens with one attached hydrogen (secondary N) is 1. The van der Waals surface area contributed by atoms with Crippen molar-refractivity contribution in [3.63, 3.8) is 0 Å². The lowest BCUT2D eigenvalue weighted by molar-refractivity contribution is -0.0585. The Morgan fingerprint density at radius 2 is 1.65 bits per heavy atom. The average molecular weight is 461 g/mol. The Bertz CT molecular complexity index is 1110. The molecule has 0 saturated carbocycles. The van der Waals surface area contributed by atoms with Gasteiger partial charge in [-0.3, -0.25) is 9.88 Å². The van der Waals surface area contributed by atoms with Crippen molar-refractivity contribution in [2.75, 3.05) is 31.6 Å². The van der Waals surface area contributed by atoms with Crippen molar-refractivity contribution >= 4 is 11.7 Å². The SMILES string of the molecule is O=C(Nc1ccc(F)cc1)N1CCCCN2[C@H](C1)[C@@H](c1ccc(-c3ccncc3)cc1)[C@@H]2CO. The van der Waals surface area contributed by atoms with Crippen molar-refractivity contribution < 1.29 is 14.3 Å². The van der Waals surface area contributed by atoms with Gasteiger partial charge >= 0.3 is 6.03 Å². The van der Waals surface area contributed by atoms with Crippen LogP contribution in [-0.4, -0.2) is 64.2 Å². The molecule has 2 aliphatic heterocycles. The van der Waals surface area contributed by atoms with Crippen LogP contribution >= 0.6 is 0 Å². The maximum Gasteiger partial charge on any atom is 0.321 e. The van der Waals surface area contributed by atoms with Crippen molar-refractivity contribution in [3.05, 3.63) is 84.4 Å². The Balaban J connectivity index is 1.34. The van der Waals surface area contributed by atoms with E-state index in [2.05, 4.69) is 39.5 Å². The lowest BCUT2D eigenvalue weighted by Gasteiger charge is -2.57. The molecule has 3 heterocycles. The van der Waals surface area contributed by atoms with Gasteiger partial charge in [0.25, 0.3) is 0 Å². The third-order valence-electron chi connectivity index (χ3n) is 7.06. The Morgan fingerprint density at radius 1 is 0.971 bits per heavy atom. The Kier molecular flexibility index (Phi) is 6.56. The molecule has 2 N–H and O–H groups in total. The maximum atomic E-state index is 13.2. The number of fused-ring (bicyclic) bond motifs is 1. The van der Waals surface area contributed by atoms with Crippen molar-refractivity contribution in [2.45, 2.75) is 30.8 Å². The number of carbonyl (C=O) groups is 1. The number of halogens is 1. The first-order valence-electron chi connectivity index (χ1n) is 11.8. The normalized spacial score (nSPS) is 22.8. The summed E-state index contributed by atoms with van der Waals surface area (Å²) in [5.41, 5.74) is 4.00. The van der Waals surface area contributed by atoms with Crippen molar-refractivity contribution in [2.24, 2.45) is 0 Å². The minimum atomic E-state index is -0.331. The van der Waals surface area contributed by atoms with E-state index in [0.717, 1.165) is 30.5 Å². The van der Waals surface area contributed by atoms with Gasteiger partial charge in [-0.1, -0.05) is 24.3 Å². The van der Waals surface area contributed by atoms with Crippen LogP contribution in [-0.2, 0) is 0 Å². The van der Waals surface area contributed by atoms with E-state index >= 15 is 0 Å². The number of aliphatic hydroxyl groups is 1. The quantitative estimate of drug-likeness (QED) is 0.608. The molecule has 2 fully saturated rings. The molecular weight excluding hydrogens is 431 g/mol. The largest absolute Gasteiger partial charge is 0.395 e. The molecule has 3 atom stereocenters. The number of rotatable bonds is 4. The molecule has 7 heteroatoms. The van der Waals surface area contributed by atoms with Crippen molar-refractivity contribution in [1.29, 1.82) is 0 Å². The Hall–Kier alpha value is -3.29. The summed E-state index contributed by atoms with van der Waals surface area (Å²) in [6.45, 7) is 2.28. The predicted molar refractivity (Wildman–Crippen MR) is 130 cm³/mol. The molecule has 0 aliphatic carbocycles. The minimum absolute atomic E-state index is 0.0527. The number of urea groups is 1. The van der Waals surface area contributed by atoms with Crippen LogP contribution in [0.1, 0.15) is 24.3 Å². The molecule has 2 amide bonds. The summed E-state index contributed by atoms with van der Waals surface area (Å²) in [6, 6.07) is 18.3. The fraction of sp³-hybridized carbons (Fsp3) is 0.333. The van der Waals surface area contributed by atoms with E-state index in [0.29, 0.717) is 18.8 Å². The monoisotopic (exact) mass is 460 g/mol. The van der Waals surface area contributed by atoms with Crippen LogP contribution in [0.15, 0.2) is 73.1 Å². The Labute approximate surface area is 199 Å². The second kappa shape index (κ2) is 9.91. The predicted octanol–water partition coefficient (Wildman–Crippen LogP) is 4.34. The Morgan fingerprint density at radius 3 is 2.35 bits per heavy atom. The molecule has 0 radical (unpaired) electrons. The lowest BCUT2D eigenvalue weighted by atomic mass is 9.74. The van der Waals surface area contributed by atoms with Crippen LogP contribution in [0.2, 0.25) is 0 Å². The minimum Gasteiger partial charge on any atom is -0.395 e. The first-order valence-corrected chi connectivity index (χ1v) is 11.8. The average Bonchev–Trinajstić information content (AvgIpc) is 2.85. The molecule has 2 saturated heterocycles. The number of pyridine rings is 1. The molecule has 5 rings (SSSR count). The number of amides is 2. The molecule has 3 aromatic rings. The number of aliphatic hydroxyl groups excluding tert-OH is 1. The molecule has 34 heavy (non-hydrogen) atoms. The van der Waals surface area contributed by atoms with E-state index in [-0.39, 0.29) is 36.5 Å². The number of anilines is 1. The highest BCUT2D eigenvalue weighted by molar-refractivity contribution is 5.89. The van der Waals surface area contributed by atoms with E-state index in [1.54, 1.807) is 24.5 Å². The van der Waals surface area contributed by atoms with Gasteiger partial charge in [-0.15, -0.1) is 0 Å². The van der Waals surface area contributed by atoms with E-state index in [1.807, 2.05) is 17.0 Å². The first kappa shape index (κ1) is 22.5. The smallest absolute Gasteiger partial charge is 0.321 e. The zero-order valence-corrected chi connectivity index (χ0v) is 19.0. The van der Waals surface area contributed by atoms with Gasteiger partial charge in [0.1, 0.15) is 5.82 Å². The van der Waals surface area contributed by atoms with Crippen LogP contribution in [0.3, 0.4) is 0 Å². The molecule has 0 bridgehead atoms. The van der Waals surface area contributed by atoms with Crippen molar-refractivity contribution in [3.8, 4) is 11.1 Å². The molecule has 1 aromatic heterocycles. The molecule has 176 valence electrons. The number of hydrogen-bond acceptors (Lipinski definition) is 4. The summed E-state index contributed by atoms with van der Waals surface area (Å²) in [5, 5.41) is 13.1. The van der Waals surface area contributed by atoms with E-state index < -0.39 is 0 Å².